The molecular formula is C31H35FO4. The molecule has 2 unspecified atom stereocenters. The molecule has 1 fully saturated rings. The minimum absolute atomic E-state index is 0.177. The molecule has 190 valence electrons. The van der Waals surface area contributed by atoms with Gasteiger partial charge in [0.05, 0.1) is 11.5 Å². The lowest BCUT2D eigenvalue weighted by Crippen LogP contribution is -2.36. The molecule has 0 spiro atoms. The molecule has 3 aromatic carbocycles. The van der Waals surface area contributed by atoms with Crippen LogP contribution in [0.5, 0.6) is 5.75 Å². The van der Waals surface area contributed by atoms with E-state index in [1.165, 1.54) is 12.1 Å². The average Bonchev–Trinajstić information content (AvgIpc) is 3.14. The largest absolute Gasteiger partial charge is 0.489 e. The second-order valence-corrected chi connectivity index (χ2v) is 10.6. The van der Waals surface area contributed by atoms with Gasteiger partial charge in [-0.05, 0) is 89.6 Å². The summed E-state index contributed by atoms with van der Waals surface area (Å²) in [7, 11) is 0. The second-order valence-electron chi connectivity index (χ2n) is 10.6. The molecule has 5 heteroatoms. The first kappa shape index (κ1) is 25.9. The van der Waals surface area contributed by atoms with Gasteiger partial charge in [0.2, 0.25) is 0 Å². The highest BCUT2D eigenvalue weighted by Crippen LogP contribution is 2.52. The van der Waals surface area contributed by atoms with E-state index in [2.05, 4.69) is 13.8 Å². The van der Waals surface area contributed by atoms with Gasteiger partial charge in [-0.15, -0.1) is 0 Å². The summed E-state index contributed by atoms with van der Waals surface area (Å²) in [4.78, 5) is 11.3. The maximum absolute atomic E-state index is 14.1. The lowest BCUT2D eigenvalue weighted by Gasteiger charge is -2.37. The second kappa shape index (κ2) is 10.4. The quantitative estimate of drug-likeness (QED) is 0.335. The van der Waals surface area contributed by atoms with Crippen LogP contribution < -0.4 is 4.74 Å². The van der Waals surface area contributed by atoms with Crippen LogP contribution in [0.1, 0.15) is 63.1 Å². The van der Waals surface area contributed by atoms with Crippen LogP contribution in [0.15, 0.2) is 66.7 Å². The summed E-state index contributed by atoms with van der Waals surface area (Å²) < 4.78 is 20.1. The summed E-state index contributed by atoms with van der Waals surface area (Å²) in [5, 5.41) is 20.6. The number of hydrogen-bond donors (Lipinski definition) is 2. The van der Waals surface area contributed by atoms with Crippen LogP contribution in [0.2, 0.25) is 0 Å². The van der Waals surface area contributed by atoms with E-state index < -0.39 is 17.5 Å². The fourth-order valence-corrected chi connectivity index (χ4v) is 5.33. The molecule has 0 bridgehead atoms. The molecule has 2 N–H and O–H groups in total. The lowest BCUT2D eigenvalue weighted by molar-refractivity contribution is -0.141. The molecule has 36 heavy (non-hydrogen) atoms. The van der Waals surface area contributed by atoms with Gasteiger partial charge in [0.1, 0.15) is 18.2 Å². The van der Waals surface area contributed by atoms with E-state index in [0.29, 0.717) is 18.6 Å². The minimum Gasteiger partial charge on any atom is -0.489 e. The van der Waals surface area contributed by atoms with Crippen molar-refractivity contribution in [3.8, 4) is 16.9 Å². The molecule has 0 aromatic heterocycles. The van der Waals surface area contributed by atoms with E-state index in [1.54, 1.807) is 6.07 Å². The van der Waals surface area contributed by atoms with Crippen LogP contribution in [-0.4, -0.2) is 16.2 Å². The monoisotopic (exact) mass is 490 g/mol. The summed E-state index contributed by atoms with van der Waals surface area (Å²) in [5.41, 5.74) is 3.38. The van der Waals surface area contributed by atoms with Gasteiger partial charge < -0.3 is 14.9 Å². The Morgan fingerprint density at radius 2 is 1.72 bits per heavy atom. The molecule has 4 rings (SSSR count). The number of benzene rings is 3. The fraction of sp³-hybridized carbons (Fsp3) is 0.387. The zero-order valence-corrected chi connectivity index (χ0v) is 21.3. The van der Waals surface area contributed by atoms with Crippen LogP contribution in [0, 0.1) is 17.2 Å². The Hall–Kier alpha value is -3.18. The highest BCUT2D eigenvalue weighted by molar-refractivity contribution is 5.70. The first-order chi connectivity index (χ1) is 17.1. The van der Waals surface area contributed by atoms with Gasteiger partial charge in [0.25, 0.3) is 0 Å². The third kappa shape index (κ3) is 5.31. The molecule has 0 heterocycles. The van der Waals surface area contributed by atoms with Gasteiger partial charge in [-0.1, -0.05) is 63.2 Å². The van der Waals surface area contributed by atoms with Crippen LogP contribution >= 0.6 is 0 Å². The molecule has 1 aliphatic carbocycles. The Labute approximate surface area is 212 Å². The number of aliphatic carboxylic acids is 1. The van der Waals surface area contributed by atoms with E-state index in [1.807, 2.05) is 55.5 Å². The summed E-state index contributed by atoms with van der Waals surface area (Å²) in [6.07, 6.45) is 3.80. The normalized spacial score (nSPS) is 19.7. The van der Waals surface area contributed by atoms with Gasteiger partial charge >= 0.3 is 5.97 Å². The fourth-order valence-electron chi connectivity index (χ4n) is 5.33. The van der Waals surface area contributed by atoms with Crippen molar-refractivity contribution in [3.05, 3.63) is 89.2 Å². The maximum Gasteiger partial charge on any atom is 0.306 e. The molecule has 0 saturated heterocycles. The summed E-state index contributed by atoms with van der Waals surface area (Å²) in [5.74, 6) is -0.881. The first-order valence-electron chi connectivity index (χ1n) is 12.7. The zero-order chi connectivity index (χ0) is 25.9. The minimum atomic E-state index is -0.839. The number of carboxylic acid groups (broad SMARTS) is 1. The van der Waals surface area contributed by atoms with E-state index >= 15 is 0 Å². The molecule has 0 amide bonds. The first-order valence-corrected chi connectivity index (χ1v) is 12.7. The molecular weight excluding hydrogens is 455 g/mol. The molecule has 0 aliphatic heterocycles. The molecule has 1 saturated carbocycles. The standard InChI is InChI=1S/C31H35FO4/c1-4-22(29(33)34)18-21-6-13-27(14-7-21)36-20-24-19-26(32)12-15-28(24)23-8-10-25(11-9-23)31(35)17-5-16-30(31,2)3/h6-15,19,22,35H,4-5,16-18,20H2,1-3H3,(H,33,34). The Morgan fingerprint density at radius 3 is 2.31 bits per heavy atom. The summed E-state index contributed by atoms with van der Waals surface area (Å²) in [6.45, 7) is 6.30. The molecule has 0 radical (unpaired) electrons. The Balaban J connectivity index is 1.49. The van der Waals surface area contributed by atoms with E-state index in [4.69, 9.17) is 4.74 Å². The van der Waals surface area contributed by atoms with Gasteiger partial charge in [-0.3, -0.25) is 4.79 Å². The van der Waals surface area contributed by atoms with Crippen molar-refractivity contribution in [2.75, 3.05) is 0 Å². The third-order valence-electron chi connectivity index (χ3n) is 7.84. The number of halogens is 1. The number of ether oxygens (including phenoxy) is 1. The maximum atomic E-state index is 14.1. The average molecular weight is 491 g/mol. The number of hydrogen-bond acceptors (Lipinski definition) is 3. The Bertz CT molecular complexity index is 1200. The highest BCUT2D eigenvalue weighted by Gasteiger charge is 2.48. The van der Waals surface area contributed by atoms with Crippen molar-refractivity contribution in [3.63, 3.8) is 0 Å². The number of rotatable bonds is 9. The van der Waals surface area contributed by atoms with Crippen molar-refractivity contribution in [2.45, 2.75) is 65.1 Å². The van der Waals surface area contributed by atoms with Crippen LogP contribution in [-0.2, 0) is 23.4 Å². The topological polar surface area (TPSA) is 66.8 Å². The van der Waals surface area contributed by atoms with Crippen LogP contribution in [0.4, 0.5) is 4.39 Å². The molecule has 2 atom stereocenters. The van der Waals surface area contributed by atoms with Gasteiger partial charge in [0.15, 0.2) is 0 Å². The smallest absolute Gasteiger partial charge is 0.306 e. The van der Waals surface area contributed by atoms with Crippen LogP contribution in [0.3, 0.4) is 0 Å². The van der Waals surface area contributed by atoms with E-state index in [-0.39, 0.29) is 17.8 Å². The van der Waals surface area contributed by atoms with Gasteiger partial charge in [-0.25, -0.2) is 4.39 Å². The number of aliphatic hydroxyl groups is 1. The predicted octanol–water partition coefficient (Wildman–Crippen LogP) is 7.12. The zero-order valence-electron chi connectivity index (χ0n) is 21.3. The summed E-state index contributed by atoms with van der Waals surface area (Å²) >= 11 is 0. The SMILES string of the molecule is CCC(Cc1ccc(OCc2cc(F)ccc2-c2ccc(C3(O)CCCC3(C)C)cc2)cc1)C(=O)O. The van der Waals surface area contributed by atoms with E-state index in [9.17, 15) is 19.4 Å². The predicted molar refractivity (Wildman–Crippen MR) is 139 cm³/mol. The Kier molecular flexibility index (Phi) is 7.51. The lowest BCUT2D eigenvalue weighted by atomic mass is 9.73. The van der Waals surface area contributed by atoms with Crippen molar-refractivity contribution in [1.82, 2.24) is 0 Å². The van der Waals surface area contributed by atoms with Crippen molar-refractivity contribution < 1.29 is 24.1 Å². The Morgan fingerprint density at radius 1 is 1.03 bits per heavy atom. The molecule has 3 aromatic rings. The van der Waals surface area contributed by atoms with Crippen molar-refractivity contribution in [1.29, 1.82) is 0 Å². The number of carbonyl (C=O) groups is 1. The third-order valence-corrected chi connectivity index (χ3v) is 7.84. The summed E-state index contributed by atoms with van der Waals surface area (Å²) in [6, 6.07) is 20.0. The van der Waals surface area contributed by atoms with Crippen molar-refractivity contribution >= 4 is 5.97 Å². The van der Waals surface area contributed by atoms with Gasteiger partial charge in [-0.2, -0.15) is 0 Å². The van der Waals surface area contributed by atoms with Crippen LogP contribution in [0.25, 0.3) is 11.1 Å². The molecule has 1 aliphatic rings. The highest BCUT2D eigenvalue weighted by atomic mass is 19.1. The molecule has 4 nitrogen and oxygen atoms in total. The number of carboxylic acids is 1. The van der Waals surface area contributed by atoms with Crippen molar-refractivity contribution in [2.24, 2.45) is 11.3 Å². The van der Waals surface area contributed by atoms with Gasteiger partial charge in [0, 0.05) is 0 Å². The van der Waals surface area contributed by atoms with E-state index in [0.717, 1.165) is 47.1 Å².